The van der Waals surface area contributed by atoms with E-state index >= 15 is 0 Å². The Morgan fingerprint density at radius 1 is 1.10 bits per heavy atom. The minimum atomic E-state index is -0.330. The molecule has 3 rings (SSSR count). The number of hydrogen-bond donors (Lipinski definition) is 1. The van der Waals surface area contributed by atoms with Crippen LogP contribution < -0.4 is 5.32 Å². The zero-order valence-electron chi connectivity index (χ0n) is 11.8. The number of nitrogens with zero attached hydrogens (tertiary/aromatic N) is 2. The van der Waals surface area contributed by atoms with Gasteiger partial charge in [-0.15, -0.1) is 0 Å². The van der Waals surface area contributed by atoms with Crippen molar-refractivity contribution in [1.29, 1.82) is 0 Å². The second kappa shape index (κ2) is 5.97. The first-order valence-electron chi connectivity index (χ1n) is 6.96. The van der Waals surface area contributed by atoms with Crippen LogP contribution in [0.3, 0.4) is 0 Å². The van der Waals surface area contributed by atoms with Crippen LogP contribution in [-0.2, 0) is 0 Å². The van der Waals surface area contributed by atoms with Crippen LogP contribution in [0.15, 0.2) is 55.1 Å². The first kappa shape index (κ1) is 13.6. The maximum atomic E-state index is 13.5. The van der Waals surface area contributed by atoms with Gasteiger partial charge in [-0.05, 0) is 29.1 Å². The smallest absolute Gasteiger partial charge is 0.141 e. The normalized spacial score (nSPS) is 12.5. The fourth-order valence-corrected chi connectivity index (χ4v) is 2.57. The molecule has 1 unspecified atom stereocenters. The summed E-state index contributed by atoms with van der Waals surface area (Å²) >= 11 is 0. The van der Waals surface area contributed by atoms with Crippen LogP contribution >= 0.6 is 0 Å². The molecule has 2 aromatic heterocycles. The first-order chi connectivity index (χ1) is 10.3. The van der Waals surface area contributed by atoms with E-state index in [0.717, 1.165) is 28.4 Å². The van der Waals surface area contributed by atoms with Gasteiger partial charge in [-0.25, -0.2) is 4.39 Å². The predicted molar refractivity (Wildman–Crippen MR) is 81.5 cm³/mol. The van der Waals surface area contributed by atoms with E-state index in [1.165, 1.54) is 12.3 Å². The van der Waals surface area contributed by atoms with Gasteiger partial charge in [0.1, 0.15) is 5.82 Å². The highest BCUT2D eigenvalue weighted by Gasteiger charge is 2.17. The van der Waals surface area contributed by atoms with Gasteiger partial charge in [-0.1, -0.05) is 31.2 Å². The van der Waals surface area contributed by atoms with Crippen LogP contribution in [0.1, 0.15) is 24.1 Å². The minimum Gasteiger partial charge on any atom is -0.306 e. The number of halogens is 1. The zero-order valence-corrected chi connectivity index (χ0v) is 11.8. The lowest BCUT2D eigenvalue weighted by molar-refractivity contribution is 0.597. The van der Waals surface area contributed by atoms with Gasteiger partial charge in [0, 0.05) is 24.0 Å². The molecule has 0 aliphatic carbocycles. The molecule has 1 aromatic carbocycles. The summed E-state index contributed by atoms with van der Waals surface area (Å²) in [6, 6.07) is 9.46. The van der Waals surface area contributed by atoms with Crippen LogP contribution in [0.4, 0.5) is 4.39 Å². The van der Waals surface area contributed by atoms with Crippen molar-refractivity contribution < 1.29 is 4.39 Å². The van der Waals surface area contributed by atoms with Crippen LogP contribution in [0.25, 0.3) is 10.8 Å². The molecule has 0 aliphatic rings. The van der Waals surface area contributed by atoms with Crippen LogP contribution in [0, 0.1) is 5.82 Å². The van der Waals surface area contributed by atoms with Gasteiger partial charge >= 0.3 is 0 Å². The molecule has 0 saturated carbocycles. The second-order valence-electron chi connectivity index (χ2n) is 4.88. The Hall–Kier alpha value is -2.33. The average Bonchev–Trinajstić information content (AvgIpc) is 2.52. The Labute approximate surface area is 122 Å². The molecular weight excluding hydrogens is 265 g/mol. The van der Waals surface area contributed by atoms with Gasteiger partial charge in [-0.2, -0.15) is 0 Å². The zero-order chi connectivity index (χ0) is 14.7. The predicted octanol–water partition coefficient (Wildman–Crippen LogP) is 3.47. The molecule has 0 amide bonds. The van der Waals surface area contributed by atoms with Gasteiger partial charge in [0.2, 0.25) is 0 Å². The lowest BCUT2D eigenvalue weighted by Gasteiger charge is -2.20. The van der Waals surface area contributed by atoms with Gasteiger partial charge < -0.3 is 5.32 Å². The third kappa shape index (κ3) is 2.76. The Kier molecular flexibility index (Phi) is 3.88. The van der Waals surface area contributed by atoms with E-state index in [-0.39, 0.29) is 11.9 Å². The fraction of sp³-hybridized carbons (Fsp3) is 0.176. The molecule has 0 bridgehead atoms. The lowest BCUT2D eigenvalue weighted by atomic mass is 9.96. The summed E-state index contributed by atoms with van der Waals surface area (Å²) in [6.45, 7) is 2.79. The van der Waals surface area contributed by atoms with Crippen LogP contribution in [0.2, 0.25) is 0 Å². The molecule has 1 atom stereocenters. The SMILES string of the molecule is CCNC(c1cncc(F)c1)c1cncc2ccccc12. The Bertz CT molecular complexity index is 752. The summed E-state index contributed by atoms with van der Waals surface area (Å²) in [5, 5.41) is 5.57. The van der Waals surface area contributed by atoms with E-state index in [1.807, 2.05) is 37.5 Å². The van der Waals surface area contributed by atoms with Crippen molar-refractivity contribution in [3.8, 4) is 0 Å². The first-order valence-corrected chi connectivity index (χ1v) is 6.96. The van der Waals surface area contributed by atoms with Crippen LogP contribution in [0.5, 0.6) is 0 Å². The molecule has 106 valence electrons. The topological polar surface area (TPSA) is 37.8 Å². The standard InChI is InChI=1S/C17H16FN3/c1-2-21-17(13-7-14(18)10-19-9-13)16-11-20-8-12-5-3-4-6-15(12)16/h3-11,17,21H,2H2,1H3. The monoisotopic (exact) mass is 281 g/mol. The number of nitrogens with one attached hydrogen (secondary N) is 1. The third-order valence-corrected chi connectivity index (χ3v) is 3.48. The number of hydrogen-bond acceptors (Lipinski definition) is 3. The number of fused-ring (bicyclic) bond motifs is 1. The number of aromatic nitrogens is 2. The van der Waals surface area contributed by atoms with E-state index in [1.54, 1.807) is 6.20 Å². The maximum absolute atomic E-state index is 13.5. The molecule has 0 radical (unpaired) electrons. The molecule has 2 heterocycles. The quantitative estimate of drug-likeness (QED) is 0.795. The van der Waals surface area contributed by atoms with Gasteiger partial charge in [-0.3, -0.25) is 9.97 Å². The molecule has 3 nitrogen and oxygen atoms in total. The summed E-state index contributed by atoms with van der Waals surface area (Å²) in [7, 11) is 0. The Morgan fingerprint density at radius 2 is 1.90 bits per heavy atom. The molecule has 1 N–H and O–H groups in total. The average molecular weight is 281 g/mol. The van der Waals surface area contributed by atoms with Gasteiger partial charge in [0.25, 0.3) is 0 Å². The number of pyridine rings is 2. The molecule has 0 saturated heterocycles. The Balaban J connectivity index is 2.16. The van der Waals surface area contributed by atoms with Crippen LogP contribution in [-0.4, -0.2) is 16.5 Å². The largest absolute Gasteiger partial charge is 0.306 e. The van der Waals surface area contributed by atoms with Crippen molar-refractivity contribution in [2.75, 3.05) is 6.54 Å². The fourth-order valence-electron chi connectivity index (χ4n) is 2.57. The summed E-state index contributed by atoms with van der Waals surface area (Å²) in [6.07, 6.45) is 6.58. The van der Waals surface area contributed by atoms with Crippen molar-refractivity contribution in [3.63, 3.8) is 0 Å². The molecule has 0 spiro atoms. The molecular formula is C17H16FN3. The van der Waals surface area contributed by atoms with Crippen molar-refractivity contribution in [3.05, 3.63) is 72.1 Å². The highest BCUT2D eigenvalue weighted by atomic mass is 19.1. The van der Waals surface area contributed by atoms with Crippen molar-refractivity contribution in [1.82, 2.24) is 15.3 Å². The molecule has 3 aromatic rings. The minimum absolute atomic E-state index is 0.128. The molecule has 21 heavy (non-hydrogen) atoms. The van der Waals surface area contributed by atoms with Gasteiger partial charge in [0.15, 0.2) is 0 Å². The van der Waals surface area contributed by atoms with E-state index in [2.05, 4.69) is 21.4 Å². The lowest BCUT2D eigenvalue weighted by Crippen LogP contribution is -2.22. The maximum Gasteiger partial charge on any atom is 0.141 e. The highest BCUT2D eigenvalue weighted by Crippen LogP contribution is 2.28. The summed E-state index contributed by atoms with van der Waals surface area (Å²) in [5.41, 5.74) is 1.83. The Morgan fingerprint density at radius 3 is 2.71 bits per heavy atom. The summed E-state index contributed by atoms with van der Waals surface area (Å²) in [4.78, 5) is 8.27. The van der Waals surface area contributed by atoms with E-state index < -0.39 is 0 Å². The van der Waals surface area contributed by atoms with Crippen molar-refractivity contribution in [2.24, 2.45) is 0 Å². The summed E-state index contributed by atoms with van der Waals surface area (Å²) in [5.74, 6) is -0.330. The van der Waals surface area contributed by atoms with Crippen molar-refractivity contribution in [2.45, 2.75) is 13.0 Å². The molecule has 0 aliphatic heterocycles. The third-order valence-electron chi connectivity index (χ3n) is 3.48. The van der Waals surface area contributed by atoms with E-state index in [0.29, 0.717) is 0 Å². The highest BCUT2D eigenvalue weighted by molar-refractivity contribution is 5.85. The van der Waals surface area contributed by atoms with Gasteiger partial charge in [0.05, 0.1) is 12.2 Å². The van der Waals surface area contributed by atoms with E-state index in [9.17, 15) is 4.39 Å². The number of rotatable bonds is 4. The molecule has 0 fully saturated rings. The van der Waals surface area contributed by atoms with E-state index in [4.69, 9.17) is 0 Å². The number of benzene rings is 1. The van der Waals surface area contributed by atoms with Crippen molar-refractivity contribution >= 4 is 10.8 Å². The summed E-state index contributed by atoms with van der Waals surface area (Å²) < 4.78 is 13.5. The second-order valence-corrected chi connectivity index (χ2v) is 4.88. The molecule has 4 heteroatoms.